The number of carbonyl (C=O) groups is 5. The van der Waals surface area contributed by atoms with Gasteiger partial charge in [0.15, 0.2) is 23.6 Å². The number of ether oxygens (including phenoxy) is 4. The summed E-state index contributed by atoms with van der Waals surface area (Å²) in [7, 11) is 0. The molecule has 0 heterocycles. The lowest BCUT2D eigenvalue weighted by Crippen LogP contribution is -2.82. The van der Waals surface area contributed by atoms with Crippen molar-refractivity contribution in [3.05, 3.63) is 84.4 Å². The molecule has 12 nitrogen and oxygen atoms in total. The fraction of sp³-hybridized carbons (Fsp3) is 0.500. The number of benzene rings is 2. The number of ketones is 1. The molecule has 3 aliphatic carbocycles. The lowest BCUT2D eigenvalue weighted by atomic mass is 9.38. The minimum absolute atomic E-state index is 0.0877. The maximum absolute atomic E-state index is 14.5. The zero-order valence-corrected chi connectivity index (χ0v) is 28.7. The van der Waals surface area contributed by atoms with Crippen LogP contribution in [-0.4, -0.2) is 87.7 Å². The molecule has 3 N–H and O–H groups in total. The molecule has 0 aromatic heterocycles. The van der Waals surface area contributed by atoms with Crippen LogP contribution in [0.5, 0.6) is 0 Å². The number of esters is 4. The Hall–Kier alpha value is -4.39. The fourth-order valence-electron chi connectivity index (χ4n) is 8.93. The van der Waals surface area contributed by atoms with Crippen LogP contribution in [0.4, 0.5) is 0 Å². The van der Waals surface area contributed by atoms with Gasteiger partial charge < -0.3 is 34.3 Å². The van der Waals surface area contributed by atoms with E-state index in [1.54, 1.807) is 50.2 Å². The number of Topliss-reactive ketones (excluding diaryl/α,β-unsaturated/α-hetero) is 1. The first-order valence-electron chi connectivity index (χ1n) is 16.5. The van der Waals surface area contributed by atoms with Crippen molar-refractivity contribution < 1.29 is 58.2 Å². The van der Waals surface area contributed by atoms with E-state index in [9.17, 15) is 39.3 Å². The average molecular weight is 693 g/mol. The first kappa shape index (κ1) is 36.9. The Balaban J connectivity index is 1.81. The van der Waals surface area contributed by atoms with E-state index < -0.39 is 100 Å². The Morgan fingerprint density at radius 2 is 1.36 bits per heavy atom. The molecule has 0 aliphatic heterocycles. The van der Waals surface area contributed by atoms with Crippen LogP contribution in [0.15, 0.2) is 73.3 Å². The molecule has 12 heteroatoms. The molecule has 0 spiro atoms. The molecule has 50 heavy (non-hydrogen) atoms. The summed E-state index contributed by atoms with van der Waals surface area (Å²) in [5.41, 5.74) is -7.23. The van der Waals surface area contributed by atoms with Gasteiger partial charge in [0, 0.05) is 37.0 Å². The summed E-state index contributed by atoms with van der Waals surface area (Å²) < 4.78 is 24.0. The molecule has 2 aromatic carbocycles. The van der Waals surface area contributed by atoms with Crippen molar-refractivity contribution in [2.75, 3.05) is 6.61 Å². The number of hydrogen-bond acceptors (Lipinski definition) is 12. The predicted octanol–water partition coefficient (Wildman–Crippen LogP) is 3.21. The minimum Gasteiger partial charge on any atom is -0.458 e. The molecule has 0 radical (unpaired) electrons. The van der Waals surface area contributed by atoms with Gasteiger partial charge in [-0.3, -0.25) is 14.4 Å². The van der Waals surface area contributed by atoms with Gasteiger partial charge in [-0.2, -0.15) is 0 Å². The van der Waals surface area contributed by atoms with Crippen molar-refractivity contribution in [3.8, 4) is 0 Å². The zero-order valence-electron chi connectivity index (χ0n) is 28.7. The highest BCUT2D eigenvalue weighted by Crippen LogP contribution is 2.67. The van der Waals surface area contributed by atoms with E-state index in [2.05, 4.69) is 6.58 Å². The highest BCUT2D eigenvalue weighted by atomic mass is 16.6. The van der Waals surface area contributed by atoms with E-state index in [0.717, 1.165) is 13.8 Å². The van der Waals surface area contributed by atoms with Crippen LogP contribution in [0.25, 0.3) is 0 Å². The maximum atomic E-state index is 14.5. The summed E-state index contributed by atoms with van der Waals surface area (Å²) in [6.07, 6.45) is -7.08. The average Bonchev–Trinajstić information content (AvgIpc) is 3.08. The second-order valence-electron chi connectivity index (χ2n) is 14.5. The van der Waals surface area contributed by atoms with E-state index >= 15 is 0 Å². The number of hydrogen-bond donors (Lipinski definition) is 3. The number of rotatable bonds is 8. The number of fused-ring (bicyclic) bond motifs is 3. The second kappa shape index (κ2) is 13.4. The Morgan fingerprint density at radius 3 is 1.84 bits per heavy atom. The van der Waals surface area contributed by atoms with E-state index in [-0.39, 0.29) is 24.0 Å². The van der Waals surface area contributed by atoms with Crippen LogP contribution in [0, 0.1) is 28.1 Å². The molecule has 3 fully saturated rings. The summed E-state index contributed by atoms with van der Waals surface area (Å²) in [5.74, 6) is -6.81. The standard InChI is InChI=1S/C38H44O12/c1-7-36(6)19-25(49-32(43)23-14-10-8-11-15-23)29-37(20-39)26(18-27(42)38(29,46)34(36)45)35(4,5)30(48-22(3)41)28(47-21(2)40)31(37)50-33(44)24-16-12-9-13-17-24/h7-17,25-31,39,42,46H,1,18-20H2,2-6H3/t25?,26?,27-,28+,29?,30-,31+,36+,37+,38+/m1/s1. The van der Waals surface area contributed by atoms with Crippen LogP contribution in [0.1, 0.15) is 68.2 Å². The normalized spacial score (nSPS) is 35.8. The van der Waals surface area contributed by atoms with E-state index in [4.69, 9.17) is 18.9 Å². The third-order valence-electron chi connectivity index (χ3n) is 11.1. The number of aliphatic hydroxyl groups is 3. The number of carbonyl (C=O) groups excluding carboxylic acids is 5. The van der Waals surface area contributed by atoms with Gasteiger partial charge in [0.2, 0.25) is 0 Å². The smallest absolute Gasteiger partial charge is 0.338 e. The molecule has 0 bridgehead atoms. The molecule has 10 atom stereocenters. The predicted molar refractivity (Wildman–Crippen MR) is 176 cm³/mol. The topological polar surface area (TPSA) is 183 Å². The Morgan fingerprint density at radius 1 is 0.840 bits per heavy atom. The molecular formula is C38H44O12. The number of aliphatic hydroxyl groups excluding tert-OH is 2. The molecule has 3 unspecified atom stereocenters. The molecule has 268 valence electrons. The summed E-state index contributed by atoms with van der Waals surface area (Å²) >= 11 is 0. The third-order valence-corrected chi connectivity index (χ3v) is 11.1. The SMILES string of the molecule is C=C[C@@]1(C)CC(OC(=O)c2ccccc2)C2[C@]3(CO)C(C[C@@H](O)[C@@]2(O)C1=O)C(C)(C)[C@H](OC(C)=O)[C@H](OC(C)=O)[C@@H]3OC(=O)c1ccccc1. The maximum Gasteiger partial charge on any atom is 0.338 e. The molecule has 5 rings (SSSR count). The van der Waals surface area contributed by atoms with E-state index in [1.165, 1.54) is 37.3 Å². The van der Waals surface area contributed by atoms with Crippen LogP contribution >= 0.6 is 0 Å². The third kappa shape index (κ3) is 5.82. The van der Waals surface area contributed by atoms with Crippen LogP contribution in [0.2, 0.25) is 0 Å². The zero-order chi connectivity index (χ0) is 36.8. The lowest BCUT2D eigenvalue weighted by molar-refractivity contribution is -0.325. The van der Waals surface area contributed by atoms with Gasteiger partial charge in [-0.1, -0.05) is 56.3 Å². The molecule has 2 aromatic rings. The lowest BCUT2D eigenvalue weighted by Gasteiger charge is -2.69. The largest absolute Gasteiger partial charge is 0.458 e. The minimum atomic E-state index is -2.70. The van der Waals surface area contributed by atoms with Gasteiger partial charge in [-0.25, -0.2) is 9.59 Å². The van der Waals surface area contributed by atoms with Gasteiger partial charge in [0.05, 0.1) is 29.3 Å². The highest BCUT2D eigenvalue weighted by Gasteiger charge is 2.79. The van der Waals surface area contributed by atoms with Gasteiger partial charge in [0.1, 0.15) is 12.2 Å². The quantitative estimate of drug-likeness (QED) is 0.209. The first-order chi connectivity index (χ1) is 23.5. The Bertz CT molecular complexity index is 1660. The summed E-state index contributed by atoms with van der Waals surface area (Å²) in [5, 5.41) is 36.4. The highest BCUT2D eigenvalue weighted by molar-refractivity contribution is 5.96. The summed E-state index contributed by atoms with van der Waals surface area (Å²) in [4.78, 5) is 67.4. The van der Waals surface area contributed by atoms with Crippen LogP contribution in [0.3, 0.4) is 0 Å². The van der Waals surface area contributed by atoms with Crippen LogP contribution < -0.4 is 0 Å². The molecule has 3 aliphatic rings. The van der Waals surface area contributed by atoms with Crippen molar-refractivity contribution >= 4 is 29.7 Å². The van der Waals surface area contributed by atoms with Gasteiger partial charge in [0.25, 0.3) is 0 Å². The number of allylic oxidation sites excluding steroid dienone is 1. The Kier molecular flexibility index (Phi) is 9.87. The fourth-order valence-corrected chi connectivity index (χ4v) is 8.93. The second-order valence-corrected chi connectivity index (χ2v) is 14.5. The van der Waals surface area contributed by atoms with E-state index in [1.807, 2.05) is 0 Å². The van der Waals surface area contributed by atoms with E-state index in [0.29, 0.717) is 0 Å². The molecule has 3 saturated carbocycles. The molecule has 0 saturated heterocycles. The Labute approximate surface area is 290 Å². The van der Waals surface area contributed by atoms with Crippen molar-refractivity contribution in [2.24, 2.45) is 28.1 Å². The molecular weight excluding hydrogens is 648 g/mol. The van der Waals surface area contributed by atoms with Gasteiger partial charge in [-0.05, 0) is 43.5 Å². The monoisotopic (exact) mass is 692 g/mol. The summed E-state index contributed by atoms with van der Waals surface area (Å²) in [6, 6.07) is 15.8. The van der Waals surface area contributed by atoms with Crippen molar-refractivity contribution in [1.29, 1.82) is 0 Å². The van der Waals surface area contributed by atoms with Crippen LogP contribution in [-0.2, 0) is 33.3 Å². The molecule has 0 amide bonds. The van der Waals surface area contributed by atoms with Crippen molar-refractivity contribution in [1.82, 2.24) is 0 Å². The first-order valence-corrected chi connectivity index (χ1v) is 16.5. The van der Waals surface area contributed by atoms with Crippen molar-refractivity contribution in [2.45, 2.75) is 83.6 Å². The van der Waals surface area contributed by atoms with Gasteiger partial charge in [-0.15, -0.1) is 6.58 Å². The summed E-state index contributed by atoms with van der Waals surface area (Å²) in [6.45, 7) is 10.00. The van der Waals surface area contributed by atoms with Crippen molar-refractivity contribution in [3.63, 3.8) is 0 Å². The van der Waals surface area contributed by atoms with Gasteiger partial charge >= 0.3 is 23.9 Å².